The van der Waals surface area contributed by atoms with Crippen molar-refractivity contribution in [2.45, 2.75) is 0 Å². The minimum absolute atomic E-state index is 0.234. The van der Waals surface area contributed by atoms with E-state index < -0.39 is 11.9 Å². The van der Waals surface area contributed by atoms with Crippen LogP contribution in [-0.4, -0.2) is 24.7 Å². The largest absolute Gasteiger partial charge is 0.483 e. The van der Waals surface area contributed by atoms with E-state index in [1.807, 2.05) is 60.7 Å². The number of ether oxygens (including phenoxy) is 2. The Hall–Kier alpha value is -4.20. The van der Waals surface area contributed by atoms with Crippen molar-refractivity contribution < 1.29 is 19.1 Å². The van der Waals surface area contributed by atoms with Gasteiger partial charge in [-0.25, -0.2) is 10.2 Å². The summed E-state index contributed by atoms with van der Waals surface area (Å²) in [7, 11) is 0. The van der Waals surface area contributed by atoms with Crippen molar-refractivity contribution in [3.8, 4) is 11.5 Å². The van der Waals surface area contributed by atoms with Crippen molar-refractivity contribution in [2.75, 3.05) is 6.61 Å². The van der Waals surface area contributed by atoms with E-state index in [2.05, 4.69) is 26.5 Å². The zero-order chi connectivity index (χ0) is 26.5. The average molecular weight is 588 g/mol. The fourth-order valence-electron chi connectivity index (χ4n) is 3.91. The Morgan fingerprint density at radius 3 is 2.18 bits per heavy atom. The third kappa shape index (κ3) is 5.69. The topological polar surface area (TPSA) is 77.0 Å². The van der Waals surface area contributed by atoms with Crippen molar-refractivity contribution in [3.63, 3.8) is 0 Å². The normalized spacial score (nSPS) is 11.1. The fourth-order valence-corrected chi connectivity index (χ4v) is 4.65. The SMILES string of the molecule is O=C(COc1ccc2ccccc2c1Br)N/N=C/c1c(OC(=O)c2ccc(Cl)cc2)ccc2ccccc12. The highest BCUT2D eigenvalue weighted by Crippen LogP contribution is 2.33. The van der Waals surface area contributed by atoms with Gasteiger partial charge in [0.1, 0.15) is 11.5 Å². The number of halogens is 2. The molecule has 5 rings (SSSR count). The minimum atomic E-state index is -0.537. The number of carbonyl (C=O) groups excluding carboxylic acids is 2. The van der Waals surface area contributed by atoms with Crippen LogP contribution in [0.1, 0.15) is 15.9 Å². The smallest absolute Gasteiger partial charge is 0.343 e. The Morgan fingerprint density at radius 1 is 0.816 bits per heavy atom. The second-order valence-electron chi connectivity index (χ2n) is 8.28. The molecule has 0 spiro atoms. The molecule has 0 saturated heterocycles. The van der Waals surface area contributed by atoms with E-state index in [9.17, 15) is 9.59 Å². The highest BCUT2D eigenvalue weighted by atomic mass is 79.9. The summed E-state index contributed by atoms with van der Waals surface area (Å²) in [5.74, 6) is -0.127. The molecular formula is C30H20BrClN2O4. The second kappa shape index (κ2) is 11.5. The monoisotopic (exact) mass is 586 g/mol. The van der Waals surface area contributed by atoms with Gasteiger partial charge in [-0.1, -0.05) is 72.3 Å². The first-order chi connectivity index (χ1) is 18.5. The molecule has 8 heteroatoms. The lowest BCUT2D eigenvalue weighted by atomic mass is 10.0. The summed E-state index contributed by atoms with van der Waals surface area (Å²) >= 11 is 9.47. The van der Waals surface area contributed by atoms with Crippen LogP contribution in [0.5, 0.6) is 11.5 Å². The van der Waals surface area contributed by atoms with Crippen LogP contribution < -0.4 is 14.9 Å². The molecule has 5 aromatic rings. The van der Waals surface area contributed by atoms with Gasteiger partial charge in [-0.2, -0.15) is 5.10 Å². The molecule has 188 valence electrons. The number of hydrazone groups is 1. The van der Waals surface area contributed by atoms with Crippen LogP contribution in [0.4, 0.5) is 0 Å². The molecule has 38 heavy (non-hydrogen) atoms. The molecule has 0 aliphatic heterocycles. The predicted octanol–water partition coefficient (Wildman–Crippen LogP) is 7.16. The third-order valence-electron chi connectivity index (χ3n) is 5.78. The van der Waals surface area contributed by atoms with E-state index in [-0.39, 0.29) is 6.61 Å². The quantitative estimate of drug-likeness (QED) is 0.0949. The van der Waals surface area contributed by atoms with Crippen LogP contribution in [0.3, 0.4) is 0 Å². The molecule has 6 nitrogen and oxygen atoms in total. The number of carbonyl (C=O) groups is 2. The molecule has 0 heterocycles. The first-order valence-electron chi connectivity index (χ1n) is 11.6. The first-order valence-corrected chi connectivity index (χ1v) is 12.8. The van der Waals surface area contributed by atoms with Gasteiger partial charge in [0.2, 0.25) is 0 Å². The highest BCUT2D eigenvalue weighted by Gasteiger charge is 2.14. The Morgan fingerprint density at radius 2 is 1.45 bits per heavy atom. The number of benzene rings is 5. The van der Waals surface area contributed by atoms with E-state index in [4.69, 9.17) is 21.1 Å². The van der Waals surface area contributed by atoms with Gasteiger partial charge in [-0.3, -0.25) is 4.79 Å². The van der Waals surface area contributed by atoms with Crippen LogP contribution in [0, 0.1) is 0 Å². The van der Waals surface area contributed by atoms with Gasteiger partial charge in [0.25, 0.3) is 5.91 Å². The third-order valence-corrected chi connectivity index (χ3v) is 6.85. The summed E-state index contributed by atoms with van der Waals surface area (Å²) in [6.45, 7) is -0.234. The summed E-state index contributed by atoms with van der Waals surface area (Å²) in [5, 5.41) is 8.41. The summed E-state index contributed by atoms with van der Waals surface area (Å²) in [5.41, 5.74) is 3.38. The Balaban J connectivity index is 1.31. The van der Waals surface area contributed by atoms with E-state index in [0.717, 1.165) is 26.0 Å². The maximum atomic E-state index is 12.7. The summed E-state index contributed by atoms with van der Waals surface area (Å²) in [6, 6.07) is 29.2. The van der Waals surface area contributed by atoms with Crippen molar-refractivity contribution in [1.82, 2.24) is 5.43 Å². The van der Waals surface area contributed by atoms with E-state index in [1.54, 1.807) is 36.4 Å². The second-order valence-corrected chi connectivity index (χ2v) is 9.51. The van der Waals surface area contributed by atoms with Gasteiger partial charge >= 0.3 is 5.97 Å². The van der Waals surface area contributed by atoms with Gasteiger partial charge in [-0.15, -0.1) is 0 Å². The lowest BCUT2D eigenvalue weighted by Gasteiger charge is -2.11. The molecule has 0 bridgehead atoms. The molecule has 0 saturated carbocycles. The van der Waals surface area contributed by atoms with Crippen LogP contribution in [0.2, 0.25) is 5.02 Å². The molecule has 1 N–H and O–H groups in total. The molecule has 1 amide bonds. The maximum Gasteiger partial charge on any atom is 0.343 e. The standard InChI is InChI=1S/C30H20BrClN2O4/c31-29-24-8-4-2-6-20(24)12-16-27(29)37-18-28(35)34-33-17-25-23-7-3-1-5-19(23)11-15-26(25)38-30(36)21-9-13-22(32)14-10-21/h1-17H,18H2,(H,34,35)/b33-17+. The molecule has 5 aromatic carbocycles. The molecule has 0 aliphatic carbocycles. The number of rotatable bonds is 7. The summed E-state index contributed by atoms with van der Waals surface area (Å²) in [6.07, 6.45) is 1.46. The molecule has 0 atom stereocenters. The van der Waals surface area contributed by atoms with Crippen molar-refractivity contribution in [2.24, 2.45) is 5.10 Å². The number of nitrogens with one attached hydrogen (secondary N) is 1. The van der Waals surface area contributed by atoms with Crippen LogP contribution in [0.15, 0.2) is 107 Å². The zero-order valence-corrected chi connectivity index (χ0v) is 22.2. The van der Waals surface area contributed by atoms with Gasteiger partial charge < -0.3 is 9.47 Å². The van der Waals surface area contributed by atoms with Gasteiger partial charge in [-0.05, 0) is 73.9 Å². The average Bonchev–Trinajstić information content (AvgIpc) is 2.94. The molecule has 0 aromatic heterocycles. The molecule has 0 aliphatic rings. The predicted molar refractivity (Wildman–Crippen MR) is 153 cm³/mol. The Labute approximate surface area is 232 Å². The molecule has 0 radical (unpaired) electrons. The van der Waals surface area contributed by atoms with E-state index in [1.165, 1.54) is 6.21 Å². The highest BCUT2D eigenvalue weighted by molar-refractivity contribution is 9.10. The van der Waals surface area contributed by atoms with Crippen molar-refractivity contribution >= 4 is 67.2 Å². The maximum absolute atomic E-state index is 12.7. The van der Waals surface area contributed by atoms with E-state index >= 15 is 0 Å². The fraction of sp³-hybridized carbons (Fsp3) is 0.0333. The first kappa shape index (κ1) is 25.4. The number of nitrogens with zero attached hydrogens (tertiary/aromatic N) is 1. The van der Waals surface area contributed by atoms with Crippen LogP contribution in [-0.2, 0) is 4.79 Å². The number of hydrogen-bond acceptors (Lipinski definition) is 5. The number of amides is 1. The number of esters is 1. The van der Waals surface area contributed by atoms with Crippen LogP contribution >= 0.6 is 27.5 Å². The zero-order valence-electron chi connectivity index (χ0n) is 19.9. The van der Waals surface area contributed by atoms with Gasteiger partial charge in [0.15, 0.2) is 6.61 Å². The summed E-state index contributed by atoms with van der Waals surface area (Å²) < 4.78 is 12.1. The van der Waals surface area contributed by atoms with Crippen LogP contribution in [0.25, 0.3) is 21.5 Å². The molecular weight excluding hydrogens is 568 g/mol. The summed E-state index contributed by atoms with van der Waals surface area (Å²) in [4.78, 5) is 25.2. The molecule has 0 fully saturated rings. The van der Waals surface area contributed by atoms with Gasteiger partial charge in [0, 0.05) is 10.6 Å². The molecule has 0 unspecified atom stereocenters. The minimum Gasteiger partial charge on any atom is -0.483 e. The van der Waals surface area contributed by atoms with Crippen molar-refractivity contribution in [1.29, 1.82) is 0 Å². The number of hydrogen-bond donors (Lipinski definition) is 1. The van der Waals surface area contributed by atoms with E-state index in [0.29, 0.717) is 27.6 Å². The Bertz CT molecular complexity index is 1690. The van der Waals surface area contributed by atoms with Crippen molar-refractivity contribution in [3.05, 3.63) is 118 Å². The number of fused-ring (bicyclic) bond motifs is 2. The lowest BCUT2D eigenvalue weighted by Crippen LogP contribution is -2.24. The Kier molecular flexibility index (Phi) is 7.67. The van der Waals surface area contributed by atoms with Gasteiger partial charge in [0.05, 0.1) is 16.3 Å². The lowest BCUT2D eigenvalue weighted by molar-refractivity contribution is -0.123.